The summed E-state index contributed by atoms with van der Waals surface area (Å²) < 4.78 is 0. The van der Waals surface area contributed by atoms with E-state index in [2.05, 4.69) is 4.98 Å². The van der Waals surface area contributed by atoms with Crippen LogP contribution in [0.1, 0.15) is 24.2 Å². The van der Waals surface area contributed by atoms with Gasteiger partial charge in [0.1, 0.15) is 11.4 Å². The van der Waals surface area contributed by atoms with Crippen LogP contribution in [0.2, 0.25) is 0 Å². The Hall–Kier alpha value is -2.31. The molecular formula is C13H18N4O3. The molecule has 0 radical (unpaired) electrons. The minimum atomic E-state index is -1.11. The van der Waals surface area contributed by atoms with Gasteiger partial charge in [-0.25, -0.2) is 9.78 Å². The lowest BCUT2D eigenvalue weighted by atomic mass is 9.97. The largest absolute Gasteiger partial charge is 0.478 e. The first-order chi connectivity index (χ1) is 9.25. The van der Waals surface area contributed by atoms with Crippen LogP contribution in [0.15, 0.2) is 12.3 Å². The molecule has 1 saturated heterocycles. The molecule has 0 aliphatic carbocycles. The Labute approximate surface area is 117 Å². The van der Waals surface area contributed by atoms with E-state index in [0.717, 1.165) is 0 Å². The Morgan fingerprint density at radius 1 is 1.45 bits per heavy atom. The number of carbonyl (C=O) groups is 2. The zero-order chi connectivity index (χ0) is 15.1. The molecule has 7 heteroatoms. The Bertz CT molecular complexity index is 571. The summed E-state index contributed by atoms with van der Waals surface area (Å²) in [5.41, 5.74) is 4.94. The van der Waals surface area contributed by atoms with Gasteiger partial charge in [-0.3, -0.25) is 4.79 Å². The number of nitrogens with zero attached hydrogens (tertiary/aromatic N) is 3. The molecule has 0 unspecified atom stereocenters. The Morgan fingerprint density at radius 2 is 2.10 bits per heavy atom. The molecule has 7 nitrogen and oxygen atoms in total. The fourth-order valence-corrected chi connectivity index (χ4v) is 2.40. The van der Waals surface area contributed by atoms with Crippen molar-refractivity contribution in [3.63, 3.8) is 0 Å². The van der Waals surface area contributed by atoms with Gasteiger partial charge in [-0.15, -0.1) is 0 Å². The third-order valence-corrected chi connectivity index (χ3v) is 3.63. The number of hydrogen-bond donors (Lipinski definition) is 2. The fourth-order valence-electron chi connectivity index (χ4n) is 2.40. The van der Waals surface area contributed by atoms with Gasteiger partial charge in [0, 0.05) is 20.1 Å². The van der Waals surface area contributed by atoms with Crippen LogP contribution in [0.4, 0.5) is 11.5 Å². The van der Waals surface area contributed by atoms with Gasteiger partial charge in [0.25, 0.3) is 0 Å². The highest BCUT2D eigenvalue weighted by Crippen LogP contribution is 2.28. The summed E-state index contributed by atoms with van der Waals surface area (Å²) in [5, 5.41) is 9.11. The number of piperazine rings is 1. The Morgan fingerprint density at radius 3 is 2.70 bits per heavy atom. The number of nitrogen functional groups attached to an aromatic ring is 1. The van der Waals surface area contributed by atoms with Crippen molar-refractivity contribution in [1.29, 1.82) is 0 Å². The lowest BCUT2D eigenvalue weighted by Gasteiger charge is -2.45. The van der Waals surface area contributed by atoms with Crippen LogP contribution in [0.3, 0.4) is 0 Å². The van der Waals surface area contributed by atoms with Gasteiger partial charge in [0.2, 0.25) is 5.91 Å². The molecule has 2 heterocycles. The van der Waals surface area contributed by atoms with Gasteiger partial charge >= 0.3 is 5.97 Å². The SMILES string of the molecule is CN1CCN(c2cc(C(=O)O)c(N)cn2)C(C)(C)C1=O. The summed E-state index contributed by atoms with van der Waals surface area (Å²) in [6.45, 7) is 4.74. The predicted octanol–water partition coefficient (Wildman–Crippen LogP) is 0.419. The van der Waals surface area contributed by atoms with Crippen molar-refractivity contribution in [3.8, 4) is 0 Å². The van der Waals surface area contributed by atoms with E-state index in [1.165, 1.54) is 12.3 Å². The average Bonchev–Trinajstić information content (AvgIpc) is 2.37. The van der Waals surface area contributed by atoms with Crippen molar-refractivity contribution in [2.24, 2.45) is 0 Å². The van der Waals surface area contributed by atoms with E-state index in [-0.39, 0.29) is 17.2 Å². The van der Waals surface area contributed by atoms with E-state index in [1.807, 2.05) is 0 Å². The smallest absolute Gasteiger partial charge is 0.337 e. The van der Waals surface area contributed by atoms with Gasteiger partial charge in [-0.2, -0.15) is 0 Å². The summed E-state index contributed by atoms with van der Waals surface area (Å²) in [6, 6.07) is 1.41. The number of aromatic carboxylic acids is 1. The van der Waals surface area contributed by atoms with E-state index >= 15 is 0 Å². The third-order valence-electron chi connectivity index (χ3n) is 3.63. The summed E-state index contributed by atoms with van der Waals surface area (Å²) in [7, 11) is 1.75. The maximum Gasteiger partial charge on any atom is 0.337 e. The molecule has 1 aliphatic heterocycles. The lowest BCUT2D eigenvalue weighted by Crippen LogP contribution is -2.62. The minimum absolute atomic E-state index is 0.00261. The number of amides is 1. The van der Waals surface area contributed by atoms with Gasteiger partial charge in [-0.1, -0.05) is 0 Å². The van der Waals surface area contributed by atoms with E-state index in [1.54, 1.807) is 30.7 Å². The molecule has 0 aromatic carbocycles. The van der Waals surface area contributed by atoms with E-state index < -0.39 is 11.5 Å². The lowest BCUT2D eigenvalue weighted by molar-refractivity contribution is -0.136. The molecule has 108 valence electrons. The van der Waals surface area contributed by atoms with Crippen LogP contribution in [0.25, 0.3) is 0 Å². The number of rotatable bonds is 2. The summed E-state index contributed by atoms with van der Waals surface area (Å²) in [5.74, 6) is -0.688. The van der Waals surface area contributed by atoms with Crippen molar-refractivity contribution in [2.75, 3.05) is 30.8 Å². The van der Waals surface area contributed by atoms with E-state index in [9.17, 15) is 9.59 Å². The van der Waals surface area contributed by atoms with Gasteiger partial charge in [-0.05, 0) is 19.9 Å². The topological polar surface area (TPSA) is 99.8 Å². The normalized spacial score (nSPS) is 18.2. The maximum absolute atomic E-state index is 12.2. The molecular weight excluding hydrogens is 260 g/mol. The molecule has 1 aromatic heterocycles. The standard InChI is InChI=1S/C13H18N4O3/c1-13(2)12(20)16(3)4-5-17(13)10-6-8(11(18)19)9(14)7-15-10/h6-7H,4-5,14H2,1-3H3,(H,18,19). The van der Waals surface area contributed by atoms with Gasteiger partial charge in [0.15, 0.2) is 0 Å². The van der Waals surface area contributed by atoms with Crippen molar-refractivity contribution in [2.45, 2.75) is 19.4 Å². The zero-order valence-corrected chi connectivity index (χ0v) is 11.8. The Balaban J connectivity index is 2.43. The summed E-state index contributed by atoms with van der Waals surface area (Å²) in [4.78, 5) is 31.0. The Kier molecular flexibility index (Phi) is 3.29. The van der Waals surface area contributed by atoms with Crippen LogP contribution >= 0.6 is 0 Å². The van der Waals surface area contributed by atoms with E-state index in [0.29, 0.717) is 18.9 Å². The first-order valence-electron chi connectivity index (χ1n) is 6.27. The van der Waals surface area contributed by atoms with Crippen LogP contribution < -0.4 is 10.6 Å². The predicted molar refractivity (Wildman–Crippen MR) is 74.7 cm³/mol. The number of carboxylic acid groups (broad SMARTS) is 1. The van der Waals surface area contributed by atoms with Crippen LogP contribution in [-0.2, 0) is 4.79 Å². The third kappa shape index (κ3) is 2.15. The number of nitrogens with two attached hydrogens (primary N) is 1. The maximum atomic E-state index is 12.2. The zero-order valence-electron chi connectivity index (χ0n) is 11.8. The molecule has 3 N–H and O–H groups in total. The number of pyridine rings is 1. The molecule has 1 aromatic rings. The van der Waals surface area contributed by atoms with Crippen LogP contribution in [0, 0.1) is 0 Å². The van der Waals surface area contributed by atoms with E-state index in [4.69, 9.17) is 10.8 Å². The second-order valence-electron chi connectivity index (χ2n) is 5.37. The highest BCUT2D eigenvalue weighted by atomic mass is 16.4. The molecule has 20 heavy (non-hydrogen) atoms. The first-order valence-corrected chi connectivity index (χ1v) is 6.27. The molecule has 1 aliphatic rings. The highest BCUT2D eigenvalue weighted by Gasteiger charge is 2.41. The summed E-state index contributed by atoms with van der Waals surface area (Å²) in [6.07, 6.45) is 1.32. The molecule has 0 spiro atoms. The molecule has 0 saturated carbocycles. The van der Waals surface area contributed by atoms with Crippen LogP contribution in [-0.4, -0.2) is 52.5 Å². The molecule has 2 rings (SSSR count). The second kappa shape index (κ2) is 4.66. The molecule has 1 fully saturated rings. The number of likely N-dealkylation sites (N-methyl/N-ethyl adjacent to an activating group) is 1. The number of carbonyl (C=O) groups excluding carboxylic acids is 1. The molecule has 1 amide bonds. The van der Waals surface area contributed by atoms with Crippen molar-refractivity contribution in [1.82, 2.24) is 9.88 Å². The van der Waals surface area contributed by atoms with Crippen molar-refractivity contribution in [3.05, 3.63) is 17.8 Å². The van der Waals surface area contributed by atoms with Crippen molar-refractivity contribution >= 4 is 23.4 Å². The van der Waals surface area contributed by atoms with Crippen molar-refractivity contribution < 1.29 is 14.7 Å². The molecule has 0 atom stereocenters. The van der Waals surface area contributed by atoms with Gasteiger partial charge < -0.3 is 20.6 Å². The van der Waals surface area contributed by atoms with Gasteiger partial charge in [0.05, 0.1) is 17.4 Å². The number of carboxylic acids is 1. The second-order valence-corrected chi connectivity index (χ2v) is 5.37. The number of anilines is 2. The monoisotopic (exact) mass is 278 g/mol. The summed E-state index contributed by atoms with van der Waals surface area (Å²) >= 11 is 0. The highest BCUT2D eigenvalue weighted by molar-refractivity contribution is 5.95. The fraction of sp³-hybridized carbons (Fsp3) is 0.462. The van der Waals surface area contributed by atoms with Crippen LogP contribution in [0.5, 0.6) is 0 Å². The number of aromatic nitrogens is 1. The molecule has 0 bridgehead atoms. The average molecular weight is 278 g/mol. The number of hydrogen-bond acceptors (Lipinski definition) is 5. The quantitative estimate of drug-likeness (QED) is 0.813. The minimum Gasteiger partial charge on any atom is -0.478 e. The first kappa shape index (κ1) is 14.1.